The van der Waals surface area contributed by atoms with Gasteiger partial charge in [0.1, 0.15) is 0 Å². The van der Waals surface area contributed by atoms with E-state index in [9.17, 15) is 13.2 Å². The fourth-order valence-electron chi connectivity index (χ4n) is 1.36. The molecule has 6 heteroatoms. The van der Waals surface area contributed by atoms with E-state index >= 15 is 0 Å². The lowest BCUT2D eigenvalue weighted by Crippen LogP contribution is -2.40. The van der Waals surface area contributed by atoms with Crippen molar-refractivity contribution in [2.45, 2.75) is 18.6 Å². The highest BCUT2D eigenvalue weighted by Crippen LogP contribution is 2.26. The normalized spacial score (nSPS) is 24.6. The van der Waals surface area contributed by atoms with E-state index in [1.165, 1.54) is 0 Å². The second-order valence-corrected chi connectivity index (χ2v) is 4.38. The van der Waals surface area contributed by atoms with Gasteiger partial charge in [0.2, 0.25) is 0 Å². The average Bonchev–Trinajstić information content (AvgIpc) is 2.56. The Morgan fingerprint density at radius 2 is 2.29 bits per heavy atom. The highest BCUT2D eigenvalue weighted by atomic mass is 32.2. The van der Waals surface area contributed by atoms with Crippen LogP contribution in [-0.2, 0) is 0 Å². The van der Waals surface area contributed by atoms with Crippen LogP contribution in [0.25, 0.3) is 0 Å². The molecular weight excluding hydrogens is 213 g/mol. The van der Waals surface area contributed by atoms with Gasteiger partial charge in [0.15, 0.2) is 0 Å². The molecule has 1 fully saturated rings. The number of alkyl halides is 3. The molecule has 1 aliphatic heterocycles. The molecule has 0 aliphatic carbocycles. The van der Waals surface area contributed by atoms with Crippen LogP contribution in [-0.4, -0.2) is 30.3 Å². The highest BCUT2D eigenvalue weighted by Gasteiger charge is 2.31. The Labute approximate surface area is 84.9 Å². The predicted molar refractivity (Wildman–Crippen MR) is 48.9 cm³/mol. The van der Waals surface area contributed by atoms with E-state index in [0.29, 0.717) is 0 Å². The molecule has 1 N–H and O–H groups in total. The maximum Gasteiger partial charge on any atom is 0.401 e. The summed E-state index contributed by atoms with van der Waals surface area (Å²) in [6.07, 6.45) is -3.41. The van der Waals surface area contributed by atoms with Gasteiger partial charge < -0.3 is 0 Å². The van der Waals surface area contributed by atoms with E-state index in [1.807, 2.05) is 6.07 Å². The summed E-state index contributed by atoms with van der Waals surface area (Å²) in [4.78, 5) is 0. The summed E-state index contributed by atoms with van der Waals surface area (Å²) >= 11 is 1.69. The van der Waals surface area contributed by atoms with Gasteiger partial charge >= 0.3 is 6.18 Å². The minimum absolute atomic E-state index is 0.0624. The number of rotatable bonds is 3. The Balaban J connectivity index is 2.36. The third kappa shape index (κ3) is 3.76. The zero-order valence-corrected chi connectivity index (χ0v) is 8.29. The molecule has 0 aromatic carbocycles. The smallest absolute Gasteiger partial charge is 0.293 e. The first-order chi connectivity index (χ1) is 6.53. The first-order valence-electron chi connectivity index (χ1n) is 4.30. The van der Waals surface area contributed by atoms with Crippen LogP contribution in [0.2, 0.25) is 0 Å². The lowest BCUT2D eigenvalue weighted by Gasteiger charge is -2.18. The van der Waals surface area contributed by atoms with Crippen LogP contribution in [0.3, 0.4) is 0 Å². The van der Waals surface area contributed by atoms with Crippen molar-refractivity contribution in [3.05, 3.63) is 0 Å². The van der Waals surface area contributed by atoms with Gasteiger partial charge in [-0.15, -0.1) is 0 Å². The van der Waals surface area contributed by atoms with Crippen molar-refractivity contribution in [1.82, 2.24) is 5.32 Å². The molecule has 0 saturated carbocycles. The van der Waals surface area contributed by atoms with Crippen LogP contribution in [0.4, 0.5) is 13.2 Å². The Morgan fingerprint density at radius 3 is 2.71 bits per heavy atom. The summed E-state index contributed by atoms with van der Waals surface area (Å²) in [5, 5.41) is 10.9. The molecule has 80 valence electrons. The van der Waals surface area contributed by atoms with Crippen molar-refractivity contribution in [1.29, 1.82) is 5.26 Å². The van der Waals surface area contributed by atoms with Crippen LogP contribution >= 0.6 is 11.8 Å². The molecule has 0 bridgehead atoms. The van der Waals surface area contributed by atoms with E-state index in [1.54, 1.807) is 11.8 Å². The van der Waals surface area contributed by atoms with Crippen molar-refractivity contribution in [2.75, 3.05) is 18.1 Å². The van der Waals surface area contributed by atoms with Gasteiger partial charge in [0, 0.05) is 0 Å². The Kier molecular flexibility index (Phi) is 4.08. The van der Waals surface area contributed by atoms with Crippen LogP contribution in [0.15, 0.2) is 0 Å². The third-order valence-corrected chi connectivity index (χ3v) is 3.29. The van der Waals surface area contributed by atoms with Gasteiger partial charge in [-0.3, -0.25) is 5.32 Å². The summed E-state index contributed by atoms with van der Waals surface area (Å²) in [6, 6.07) is 1.23. The SMILES string of the molecule is N#CC(NCC(F)(F)F)C1CCSC1. The molecule has 0 radical (unpaired) electrons. The largest absolute Gasteiger partial charge is 0.401 e. The molecule has 2 nitrogen and oxygen atoms in total. The number of nitrogens with one attached hydrogen (secondary N) is 1. The molecule has 0 aromatic heterocycles. The number of halogens is 3. The van der Waals surface area contributed by atoms with Crippen LogP contribution < -0.4 is 5.32 Å². The molecule has 2 atom stereocenters. The molecule has 14 heavy (non-hydrogen) atoms. The number of nitriles is 1. The summed E-state index contributed by atoms with van der Waals surface area (Å²) < 4.78 is 35.6. The van der Waals surface area contributed by atoms with Gasteiger partial charge in [-0.2, -0.15) is 30.2 Å². The van der Waals surface area contributed by atoms with Gasteiger partial charge in [0.05, 0.1) is 18.7 Å². The van der Waals surface area contributed by atoms with E-state index < -0.39 is 18.8 Å². The van der Waals surface area contributed by atoms with E-state index in [0.717, 1.165) is 17.9 Å². The molecule has 0 aromatic rings. The molecule has 1 saturated heterocycles. The number of hydrogen-bond donors (Lipinski definition) is 1. The molecule has 1 heterocycles. The van der Waals surface area contributed by atoms with Crippen LogP contribution in [0.1, 0.15) is 6.42 Å². The summed E-state index contributed by atoms with van der Waals surface area (Å²) in [5.74, 6) is 1.78. The zero-order chi connectivity index (χ0) is 10.6. The maximum atomic E-state index is 11.9. The van der Waals surface area contributed by atoms with Gasteiger partial charge in [-0.1, -0.05) is 0 Å². The van der Waals surface area contributed by atoms with Crippen molar-refractivity contribution in [3.63, 3.8) is 0 Å². The first-order valence-corrected chi connectivity index (χ1v) is 5.46. The van der Waals surface area contributed by atoms with Crippen LogP contribution in [0, 0.1) is 17.2 Å². The zero-order valence-electron chi connectivity index (χ0n) is 7.47. The van der Waals surface area contributed by atoms with E-state index in [2.05, 4.69) is 5.32 Å². The second kappa shape index (κ2) is 4.89. The number of hydrogen-bond acceptors (Lipinski definition) is 3. The Bertz CT molecular complexity index is 218. The first kappa shape index (κ1) is 11.7. The topological polar surface area (TPSA) is 35.8 Å². The Hall–Kier alpha value is -0.410. The number of thioether (sulfide) groups is 1. The van der Waals surface area contributed by atoms with Crippen molar-refractivity contribution < 1.29 is 13.2 Å². The van der Waals surface area contributed by atoms with Crippen molar-refractivity contribution in [3.8, 4) is 6.07 Å². The van der Waals surface area contributed by atoms with Crippen molar-refractivity contribution >= 4 is 11.8 Å². The summed E-state index contributed by atoms with van der Waals surface area (Å²) in [7, 11) is 0. The summed E-state index contributed by atoms with van der Waals surface area (Å²) in [5.41, 5.74) is 0. The molecule has 2 unspecified atom stereocenters. The van der Waals surface area contributed by atoms with Crippen LogP contribution in [0.5, 0.6) is 0 Å². The second-order valence-electron chi connectivity index (χ2n) is 3.23. The lowest BCUT2D eigenvalue weighted by molar-refractivity contribution is -0.126. The van der Waals surface area contributed by atoms with Crippen molar-refractivity contribution in [2.24, 2.45) is 5.92 Å². The highest BCUT2D eigenvalue weighted by molar-refractivity contribution is 7.99. The minimum Gasteiger partial charge on any atom is -0.293 e. The minimum atomic E-state index is -4.24. The van der Waals surface area contributed by atoms with E-state index in [-0.39, 0.29) is 5.92 Å². The predicted octanol–water partition coefficient (Wildman–Crippen LogP) is 1.78. The lowest BCUT2D eigenvalue weighted by atomic mass is 10.0. The standard InChI is InChI=1S/C8H11F3N2S/c9-8(10,11)5-13-7(3-12)6-1-2-14-4-6/h6-7,13H,1-2,4-5H2. The molecule has 0 amide bonds. The quantitative estimate of drug-likeness (QED) is 0.793. The third-order valence-electron chi connectivity index (χ3n) is 2.10. The molecule has 1 rings (SSSR count). The van der Waals surface area contributed by atoms with Gasteiger partial charge in [0.25, 0.3) is 0 Å². The van der Waals surface area contributed by atoms with E-state index in [4.69, 9.17) is 5.26 Å². The molecule has 1 aliphatic rings. The maximum absolute atomic E-state index is 11.9. The molecular formula is C8H11F3N2S. The number of nitrogens with zero attached hydrogens (tertiary/aromatic N) is 1. The summed E-state index contributed by atoms with van der Waals surface area (Å²) in [6.45, 7) is -1.08. The molecule has 0 spiro atoms. The van der Waals surface area contributed by atoms with Gasteiger partial charge in [-0.05, 0) is 23.8 Å². The van der Waals surface area contributed by atoms with Gasteiger partial charge in [-0.25, -0.2) is 0 Å². The Morgan fingerprint density at radius 1 is 1.57 bits per heavy atom. The average molecular weight is 224 g/mol. The fraction of sp³-hybridized carbons (Fsp3) is 0.875. The monoisotopic (exact) mass is 224 g/mol. The fourth-order valence-corrected chi connectivity index (χ4v) is 2.66.